The molecule has 0 saturated heterocycles. The number of hydrogen-bond acceptors (Lipinski definition) is 6. The van der Waals surface area contributed by atoms with Crippen LogP contribution in [-0.4, -0.2) is 33.7 Å². The first-order chi connectivity index (χ1) is 13.1. The second-order valence-corrected chi connectivity index (χ2v) is 6.29. The van der Waals surface area contributed by atoms with Gasteiger partial charge in [0.25, 0.3) is 5.91 Å². The van der Waals surface area contributed by atoms with Crippen molar-refractivity contribution in [1.82, 2.24) is 19.9 Å². The van der Waals surface area contributed by atoms with Crippen molar-refractivity contribution >= 4 is 27.5 Å². The minimum absolute atomic E-state index is 0.207. The fraction of sp³-hybridized carbons (Fsp3) is 0.222. The highest BCUT2D eigenvalue weighted by Crippen LogP contribution is 2.36. The van der Waals surface area contributed by atoms with E-state index in [1.54, 1.807) is 16.5 Å². The van der Waals surface area contributed by atoms with Gasteiger partial charge in [-0.2, -0.15) is 5.26 Å². The third-order valence-electron chi connectivity index (χ3n) is 3.61. The summed E-state index contributed by atoms with van der Waals surface area (Å²) in [6.07, 6.45) is 1.83. The lowest BCUT2D eigenvalue weighted by molar-refractivity contribution is -0.123. The van der Waals surface area contributed by atoms with Gasteiger partial charge in [-0.25, -0.2) is 0 Å². The highest BCUT2D eigenvalue weighted by atomic mass is 79.9. The van der Waals surface area contributed by atoms with E-state index in [1.807, 2.05) is 37.4 Å². The van der Waals surface area contributed by atoms with Gasteiger partial charge >= 0.3 is 0 Å². The fourth-order valence-electron chi connectivity index (χ4n) is 2.41. The number of halogens is 1. The molecule has 8 nitrogen and oxygen atoms in total. The van der Waals surface area contributed by atoms with Crippen molar-refractivity contribution in [2.45, 2.75) is 13.5 Å². The number of ether oxygens (including phenoxy) is 2. The molecule has 9 heteroatoms. The normalized spacial score (nSPS) is 10.4. The lowest BCUT2D eigenvalue weighted by atomic mass is 10.2. The van der Waals surface area contributed by atoms with Gasteiger partial charge in [-0.15, -0.1) is 10.2 Å². The van der Waals surface area contributed by atoms with Gasteiger partial charge in [0.05, 0.1) is 29.3 Å². The van der Waals surface area contributed by atoms with Gasteiger partial charge in [0.2, 0.25) is 0 Å². The molecule has 0 saturated carbocycles. The number of fused-ring (bicyclic) bond motifs is 1. The molecule has 0 aliphatic rings. The SMILES string of the molecule is CCOc1cc(C#N)cc(Br)c1OCC(=O)NCc1nnc2ccccn12. The summed E-state index contributed by atoms with van der Waals surface area (Å²) in [4.78, 5) is 12.1. The Labute approximate surface area is 163 Å². The number of aromatic nitrogens is 3. The first kappa shape index (κ1) is 18.7. The Hall–Kier alpha value is -3.12. The van der Waals surface area contributed by atoms with Gasteiger partial charge in [0, 0.05) is 12.3 Å². The molecular formula is C18H16BrN5O3. The number of amides is 1. The molecule has 1 aromatic carbocycles. The predicted octanol–water partition coefficient (Wildman–Crippen LogP) is 2.46. The highest BCUT2D eigenvalue weighted by molar-refractivity contribution is 9.10. The molecular weight excluding hydrogens is 414 g/mol. The molecule has 27 heavy (non-hydrogen) atoms. The number of rotatable bonds is 7. The molecule has 2 heterocycles. The zero-order valence-corrected chi connectivity index (χ0v) is 16.1. The maximum Gasteiger partial charge on any atom is 0.258 e. The molecule has 1 N–H and O–H groups in total. The van der Waals surface area contributed by atoms with Gasteiger partial charge in [-0.1, -0.05) is 6.07 Å². The summed E-state index contributed by atoms with van der Waals surface area (Å²) in [5.41, 5.74) is 1.14. The molecule has 0 fully saturated rings. The number of benzene rings is 1. The van der Waals surface area contributed by atoms with Crippen LogP contribution in [-0.2, 0) is 11.3 Å². The summed E-state index contributed by atoms with van der Waals surface area (Å²) < 4.78 is 13.4. The molecule has 138 valence electrons. The summed E-state index contributed by atoms with van der Waals surface area (Å²) in [6.45, 7) is 2.25. The van der Waals surface area contributed by atoms with Crippen LogP contribution in [0.2, 0.25) is 0 Å². The van der Waals surface area contributed by atoms with E-state index in [4.69, 9.17) is 14.7 Å². The van der Waals surface area contributed by atoms with Crippen LogP contribution in [0.1, 0.15) is 18.3 Å². The van der Waals surface area contributed by atoms with E-state index in [2.05, 4.69) is 31.4 Å². The van der Waals surface area contributed by atoms with Gasteiger partial charge < -0.3 is 14.8 Å². The van der Waals surface area contributed by atoms with Gasteiger partial charge in [0.1, 0.15) is 0 Å². The summed E-state index contributed by atoms with van der Waals surface area (Å²) in [7, 11) is 0. The zero-order chi connectivity index (χ0) is 19.2. The molecule has 3 aromatic rings. The van der Waals surface area contributed by atoms with Crippen molar-refractivity contribution in [2.24, 2.45) is 0 Å². The van der Waals surface area contributed by atoms with E-state index in [0.29, 0.717) is 39.6 Å². The highest BCUT2D eigenvalue weighted by Gasteiger charge is 2.14. The molecule has 3 rings (SSSR count). The summed E-state index contributed by atoms with van der Waals surface area (Å²) >= 11 is 3.35. The van der Waals surface area contributed by atoms with Crippen LogP contribution in [0.3, 0.4) is 0 Å². The average molecular weight is 430 g/mol. The maximum atomic E-state index is 12.1. The van der Waals surface area contributed by atoms with Crippen LogP contribution < -0.4 is 14.8 Å². The first-order valence-corrected chi connectivity index (χ1v) is 8.96. The lowest BCUT2D eigenvalue weighted by Crippen LogP contribution is -2.29. The van der Waals surface area contributed by atoms with Crippen LogP contribution in [0.25, 0.3) is 5.65 Å². The van der Waals surface area contributed by atoms with Crippen molar-refractivity contribution in [3.05, 3.63) is 52.4 Å². The van der Waals surface area contributed by atoms with Crippen molar-refractivity contribution in [3.63, 3.8) is 0 Å². The Kier molecular flexibility index (Phi) is 5.88. The van der Waals surface area contributed by atoms with E-state index >= 15 is 0 Å². The number of carbonyl (C=O) groups is 1. The molecule has 0 atom stereocenters. The minimum Gasteiger partial charge on any atom is -0.490 e. The number of nitriles is 1. The lowest BCUT2D eigenvalue weighted by Gasteiger charge is -2.14. The minimum atomic E-state index is -0.318. The van der Waals surface area contributed by atoms with Crippen LogP contribution in [0.15, 0.2) is 41.0 Å². The van der Waals surface area contributed by atoms with Gasteiger partial charge in [0.15, 0.2) is 29.6 Å². The summed E-state index contributed by atoms with van der Waals surface area (Å²) in [5.74, 6) is 1.08. The molecule has 0 bridgehead atoms. The molecule has 0 aliphatic heterocycles. The molecule has 2 aromatic heterocycles. The Balaban J connectivity index is 1.63. The van der Waals surface area contributed by atoms with Crippen LogP contribution in [0.5, 0.6) is 11.5 Å². The Morgan fingerprint density at radius 2 is 2.19 bits per heavy atom. The molecule has 0 radical (unpaired) electrons. The first-order valence-electron chi connectivity index (χ1n) is 8.17. The van der Waals surface area contributed by atoms with E-state index in [9.17, 15) is 4.79 Å². The van der Waals surface area contributed by atoms with Crippen LogP contribution in [0, 0.1) is 11.3 Å². The molecule has 0 aliphatic carbocycles. The number of nitrogens with one attached hydrogen (secondary N) is 1. The van der Waals surface area contributed by atoms with Crippen molar-refractivity contribution in [1.29, 1.82) is 5.26 Å². The third kappa shape index (κ3) is 4.35. The standard InChI is InChI=1S/C18H16BrN5O3/c1-2-26-14-8-12(9-20)7-13(19)18(14)27-11-17(25)21-10-16-23-22-15-5-3-4-6-24(15)16/h3-8H,2,10-11H2,1H3,(H,21,25). The van der Waals surface area contributed by atoms with Crippen molar-refractivity contribution in [3.8, 4) is 17.6 Å². The fourth-order valence-corrected chi connectivity index (χ4v) is 2.97. The van der Waals surface area contributed by atoms with Crippen molar-refractivity contribution in [2.75, 3.05) is 13.2 Å². The van der Waals surface area contributed by atoms with E-state index in [0.717, 1.165) is 0 Å². The number of nitrogens with zero attached hydrogens (tertiary/aromatic N) is 4. The Morgan fingerprint density at radius 1 is 1.33 bits per heavy atom. The number of carbonyl (C=O) groups excluding carboxylic acids is 1. The monoisotopic (exact) mass is 429 g/mol. The largest absolute Gasteiger partial charge is 0.490 e. The maximum absolute atomic E-state index is 12.1. The smallest absolute Gasteiger partial charge is 0.258 e. The molecule has 0 spiro atoms. The molecule has 0 unspecified atom stereocenters. The van der Waals surface area contributed by atoms with E-state index in [-0.39, 0.29) is 19.1 Å². The quantitative estimate of drug-likeness (QED) is 0.618. The van der Waals surface area contributed by atoms with E-state index < -0.39 is 0 Å². The Morgan fingerprint density at radius 3 is 2.96 bits per heavy atom. The van der Waals surface area contributed by atoms with Gasteiger partial charge in [-0.3, -0.25) is 9.20 Å². The number of hydrogen-bond donors (Lipinski definition) is 1. The van der Waals surface area contributed by atoms with Crippen LogP contribution >= 0.6 is 15.9 Å². The Bertz CT molecular complexity index is 1010. The predicted molar refractivity (Wildman–Crippen MR) is 100 cm³/mol. The van der Waals surface area contributed by atoms with E-state index in [1.165, 1.54) is 0 Å². The summed E-state index contributed by atoms with van der Waals surface area (Å²) in [5, 5.41) is 19.9. The molecule has 1 amide bonds. The number of pyridine rings is 1. The summed E-state index contributed by atoms with van der Waals surface area (Å²) in [6, 6.07) is 10.8. The second kappa shape index (κ2) is 8.51. The second-order valence-electron chi connectivity index (χ2n) is 5.44. The topological polar surface area (TPSA) is 102 Å². The van der Waals surface area contributed by atoms with Gasteiger partial charge in [-0.05, 0) is 41.1 Å². The third-order valence-corrected chi connectivity index (χ3v) is 4.20. The van der Waals surface area contributed by atoms with Crippen molar-refractivity contribution < 1.29 is 14.3 Å². The zero-order valence-electron chi connectivity index (χ0n) is 14.5. The van der Waals surface area contributed by atoms with Crippen LogP contribution in [0.4, 0.5) is 0 Å². The average Bonchev–Trinajstić information content (AvgIpc) is 3.09.